The quantitative estimate of drug-likeness (QED) is 0.692. The molecule has 1 aliphatic rings. The van der Waals surface area contributed by atoms with E-state index >= 15 is 0 Å². The van der Waals surface area contributed by atoms with Crippen molar-refractivity contribution in [1.29, 1.82) is 0 Å². The number of allylic oxidation sites excluding steroid dienone is 4. The van der Waals surface area contributed by atoms with Crippen LogP contribution in [0, 0.1) is 12.0 Å². The maximum Gasteiger partial charge on any atom is 0 e. The van der Waals surface area contributed by atoms with Crippen molar-refractivity contribution < 1.29 is 26.2 Å². The third-order valence-corrected chi connectivity index (χ3v) is 1.78. The fourth-order valence-electron chi connectivity index (χ4n) is 1.07. The fraction of sp³-hybridized carbons (Fsp3) is 0.600. The molecule has 0 N–H and O–H groups in total. The van der Waals surface area contributed by atoms with E-state index in [9.17, 15) is 0 Å². The smallest absolute Gasteiger partial charge is 0 e. The van der Waals surface area contributed by atoms with Gasteiger partial charge in [-0.1, -0.05) is 26.7 Å². The predicted molar refractivity (Wildman–Crippen MR) is 59.1 cm³/mol. The fourth-order valence-corrected chi connectivity index (χ4v) is 1.07. The van der Waals surface area contributed by atoms with Gasteiger partial charge in [0.15, 0.2) is 0 Å². The minimum atomic E-state index is 0. The first-order valence-corrected chi connectivity index (χ1v) is 4.04. The molecule has 0 saturated heterocycles. The van der Waals surface area contributed by atoms with E-state index in [0.29, 0.717) is 0 Å². The molecule has 3 heteroatoms. The molecule has 1 aliphatic carbocycles. The van der Waals surface area contributed by atoms with Gasteiger partial charge < -0.3 is 0 Å². The number of hydrogen-bond donors (Lipinski definition) is 0. The van der Waals surface area contributed by atoms with Gasteiger partial charge in [-0.15, -0.1) is 31.2 Å². The summed E-state index contributed by atoms with van der Waals surface area (Å²) in [7, 11) is 0. The molecule has 0 radical (unpaired) electrons. The van der Waals surface area contributed by atoms with Gasteiger partial charge in [0, 0.05) is 26.2 Å². The molecule has 0 fully saturated rings. The summed E-state index contributed by atoms with van der Waals surface area (Å²) >= 11 is 0. The van der Waals surface area contributed by atoms with E-state index in [0.717, 1.165) is 12.3 Å². The summed E-state index contributed by atoms with van der Waals surface area (Å²) in [6.45, 7) is 4.53. The summed E-state index contributed by atoms with van der Waals surface area (Å²) in [6.07, 6.45) is 11.2. The van der Waals surface area contributed by atoms with Crippen molar-refractivity contribution in [3.8, 4) is 0 Å². The largest absolute Gasteiger partial charge is 0.273 e. The molecule has 0 aromatic carbocycles. The van der Waals surface area contributed by atoms with Crippen LogP contribution in [0.2, 0.25) is 0 Å². The Morgan fingerprint density at radius 1 is 1.38 bits per heavy atom. The number of halogens is 2. The molecule has 0 heterocycles. The van der Waals surface area contributed by atoms with Crippen molar-refractivity contribution in [2.24, 2.45) is 5.92 Å². The van der Waals surface area contributed by atoms with Crippen LogP contribution in [-0.2, 0) is 26.2 Å². The Morgan fingerprint density at radius 2 is 2.00 bits per heavy atom. The Morgan fingerprint density at radius 3 is 2.38 bits per heavy atom. The molecular formula is C10H17Cl2Zr-. The molecular weight excluding hydrogens is 282 g/mol. The van der Waals surface area contributed by atoms with Crippen LogP contribution in [0.25, 0.3) is 0 Å². The van der Waals surface area contributed by atoms with Gasteiger partial charge in [-0.2, -0.15) is 6.08 Å². The van der Waals surface area contributed by atoms with E-state index in [2.05, 4.69) is 32.1 Å². The second kappa shape index (κ2) is 11.0. The molecule has 0 aromatic rings. The summed E-state index contributed by atoms with van der Waals surface area (Å²) < 4.78 is 0. The van der Waals surface area contributed by atoms with E-state index in [4.69, 9.17) is 0 Å². The molecule has 0 amide bonds. The topological polar surface area (TPSA) is 0 Å². The first kappa shape index (κ1) is 19.5. The zero-order chi connectivity index (χ0) is 7.40. The second-order valence-electron chi connectivity index (χ2n) is 3.26. The average molecular weight is 299 g/mol. The molecule has 0 nitrogen and oxygen atoms in total. The maximum atomic E-state index is 3.18. The van der Waals surface area contributed by atoms with Crippen molar-refractivity contribution in [2.75, 3.05) is 0 Å². The van der Waals surface area contributed by atoms with Crippen molar-refractivity contribution >= 4 is 24.8 Å². The van der Waals surface area contributed by atoms with Crippen molar-refractivity contribution in [2.45, 2.75) is 33.1 Å². The molecule has 0 saturated carbocycles. The molecule has 0 unspecified atom stereocenters. The van der Waals surface area contributed by atoms with Gasteiger partial charge in [-0.05, 0) is 5.92 Å². The van der Waals surface area contributed by atoms with Gasteiger partial charge in [-0.3, -0.25) is 6.08 Å². The third kappa shape index (κ3) is 9.25. The summed E-state index contributed by atoms with van der Waals surface area (Å²) in [4.78, 5) is 0. The SMILES string of the molecule is CC(C)CCC1=CC[C-]=C1.Cl.Cl.[Zr]. The molecule has 13 heavy (non-hydrogen) atoms. The van der Waals surface area contributed by atoms with Crippen LogP contribution in [0.5, 0.6) is 0 Å². The Labute approximate surface area is 113 Å². The van der Waals surface area contributed by atoms with Crippen LogP contribution in [0.1, 0.15) is 33.1 Å². The first-order chi connectivity index (χ1) is 4.79. The summed E-state index contributed by atoms with van der Waals surface area (Å²) in [5.74, 6) is 0.829. The van der Waals surface area contributed by atoms with Gasteiger partial charge in [0.1, 0.15) is 0 Å². The summed E-state index contributed by atoms with van der Waals surface area (Å²) in [5, 5.41) is 0. The molecule has 0 aromatic heterocycles. The minimum absolute atomic E-state index is 0. The van der Waals surface area contributed by atoms with Crippen LogP contribution in [-0.4, -0.2) is 0 Å². The number of hydrogen-bond acceptors (Lipinski definition) is 0. The molecule has 1 rings (SSSR count). The zero-order valence-electron chi connectivity index (χ0n) is 8.17. The molecule has 0 spiro atoms. The number of rotatable bonds is 3. The van der Waals surface area contributed by atoms with Crippen LogP contribution >= 0.6 is 24.8 Å². The van der Waals surface area contributed by atoms with Crippen molar-refractivity contribution in [3.05, 3.63) is 23.8 Å². The Kier molecular flexibility index (Phi) is 16.5. The average Bonchev–Trinajstić information content (AvgIpc) is 2.34. The van der Waals surface area contributed by atoms with Crippen LogP contribution in [0.4, 0.5) is 0 Å². The molecule has 0 aliphatic heterocycles. The predicted octanol–water partition coefficient (Wildman–Crippen LogP) is 3.95. The molecule has 76 valence electrons. The van der Waals surface area contributed by atoms with Gasteiger partial charge >= 0.3 is 0 Å². The van der Waals surface area contributed by atoms with Crippen LogP contribution in [0.3, 0.4) is 0 Å². The van der Waals surface area contributed by atoms with Gasteiger partial charge in [0.05, 0.1) is 0 Å². The minimum Gasteiger partial charge on any atom is -0.273 e. The maximum absolute atomic E-state index is 3.18. The standard InChI is InChI=1S/C10H15.2ClH.Zr/c1-9(2)7-8-10-5-3-4-6-10;;;/h5-6,9H,3,7-8H2,1-2H3;2*1H;/q-1;;;. The molecule has 0 bridgehead atoms. The monoisotopic (exact) mass is 297 g/mol. The van der Waals surface area contributed by atoms with E-state index in [1.165, 1.54) is 18.4 Å². The van der Waals surface area contributed by atoms with Crippen LogP contribution < -0.4 is 0 Å². The van der Waals surface area contributed by atoms with E-state index in [1.54, 1.807) is 0 Å². The van der Waals surface area contributed by atoms with Crippen molar-refractivity contribution in [3.63, 3.8) is 0 Å². The Hall–Kier alpha value is 0.943. The van der Waals surface area contributed by atoms with Crippen molar-refractivity contribution in [1.82, 2.24) is 0 Å². The summed E-state index contributed by atoms with van der Waals surface area (Å²) in [6, 6.07) is 0. The van der Waals surface area contributed by atoms with E-state index in [1.807, 2.05) is 0 Å². The van der Waals surface area contributed by atoms with Gasteiger partial charge in [-0.25, -0.2) is 11.6 Å². The van der Waals surface area contributed by atoms with E-state index < -0.39 is 0 Å². The molecule has 0 atom stereocenters. The Balaban J connectivity index is -0.000000333. The zero-order valence-corrected chi connectivity index (χ0v) is 12.3. The normalized spacial score (nSPS) is 12.7. The summed E-state index contributed by atoms with van der Waals surface area (Å²) in [5.41, 5.74) is 1.48. The van der Waals surface area contributed by atoms with E-state index in [-0.39, 0.29) is 51.0 Å². The second-order valence-corrected chi connectivity index (χ2v) is 3.26. The third-order valence-electron chi connectivity index (χ3n) is 1.78. The van der Waals surface area contributed by atoms with Gasteiger partial charge in [0.2, 0.25) is 0 Å². The van der Waals surface area contributed by atoms with Gasteiger partial charge in [0.25, 0.3) is 0 Å². The first-order valence-electron chi connectivity index (χ1n) is 4.04. The Bertz CT molecular complexity index is 162. The van der Waals surface area contributed by atoms with Crippen LogP contribution in [0.15, 0.2) is 17.7 Å².